The molecule has 0 aliphatic carbocycles. The van der Waals surface area contributed by atoms with E-state index in [2.05, 4.69) is 21.2 Å². The van der Waals surface area contributed by atoms with E-state index in [0.717, 1.165) is 21.4 Å². The van der Waals surface area contributed by atoms with Gasteiger partial charge in [0.15, 0.2) is 0 Å². The van der Waals surface area contributed by atoms with Crippen molar-refractivity contribution in [1.29, 1.82) is 0 Å². The highest BCUT2D eigenvalue weighted by atomic mass is 79.9. The second-order valence-corrected chi connectivity index (χ2v) is 6.97. The Morgan fingerprint density at radius 2 is 1.58 bits per heavy atom. The highest BCUT2D eigenvalue weighted by molar-refractivity contribution is 9.10. The zero-order valence-corrected chi connectivity index (χ0v) is 15.6. The monoisotopic (exact) mass is 404 g/mol. The lowest BCUT2D eigenvalue weighted by molar-refractivity contribution is 0.0980. The molecule has 1 aliphatic heterocycles. The van der Waals surface area contributed by atoms with E-state index in [-0.39, 0.29) is 12.1 Å². The van der Waals surface area contributed by atoms with Gasteiger partial charge >= 0.3 is 0 Å². The average Bonchev–Trinajstić information content (AvgIpc) is 2.68. The lowest BCUT2D eigenvalue weighted by atomic mass is 10.1. The van der Waals surface area contributed by atoms with Crippen molar-refractivity contribution in [3.63, 3.8) is 0 Å². The Bertz CT molecular complexity index is 951. The Morgan fingerprint density at radius 3 is 2.35 bits per heavy atom. The molecule has 3 aromatic carbocycles. The second-order valence-electron chi connectivity index (χ2n) is 6.06. The SMILES string of the molecule is O=C1c2ccccc2NC(/C=C/c2ccccc2)N1c1ccc(Br)cc1. The molecule has 1 unspecified atom stereocenters. The first kappa shape index (κ1) is 16.6. The minimum absolute atomic E-state index is 0.00983. The van der Waals surface area contributed by atoms with Crippen LogP contribution < -0.4 is 10.2 Å². The summed E-state index contributed by atoms with van der Waals surface area (Å²) in [6.07, 6.45) is 3.79. The minimum Gasteiger partial charge on any atom is -0.361 e. The molecule has 1 N–H and O–H groups in total. The van der Waals surface area contributed by atoms with Crippen LogP contribution in [0.5, 0.6) is 0 Å². The third-order valence-electron chi connectivity index (χ3n) is 4.33. The number of benzene rings is 3. The molecule has 4 rings (SSSR count). The van der Waals surface area contributed by atoms with Crippen LogP contribution in [0.15, 0.2) is 89.4 Å². The number of para-hydroxylation sites is 1. The molecule has 0 spiro atoms. The molecule has 0 aromatic heterocycles. The quantitative estimate of drug-likeness (QED) is 0.619. The highest BCUT2D eigenvalue weighted by Crippen LogP contribution is 2.31. The zero-order chi connectivity index (χ0) is 17.9. The minimum atomic E-state index is -0.265. The molecule has 3 nitrogen and oxygen atoms in total. The smallest absolute Gasteiger partial charge is 0.262 e. The first-order valence-corrected chi connectivity index (χ1v) is 9.19. The molecule has 3 aromatic rings. The molecule has 1 atom stereocenters. The fourth-order valence-corrected chi connectivity index (χ4v) is 3.32. The van der Waals surface area contributed by atoms with Crippen molar-refractivity contribution < 1.29 is 4.79 Å². The van der Waals surface area contributed by atoms with Gasteiger partial charge in [-0.3, -0.25) is 9.69 Å². The Hall–Kier alpha value is -2.85. The van der Waals surface area contributed by atoms with Crippen LogP contribution in [0.3, 0.4) is 0 Å². The molecule has 0 bridgehead atoms. The Labute approximate surface area is 161 Å². The summed E-state index contributed by atoms with van der Waals surface area (Å²) < 4.78 is 0.982. The van der Waals surface area contributed by atoms with Crippen LogP contribution >= 0.6 is 15.9 Å². The predicted molar refractivity (Wildman–Crippen MR) is 110 cm³/mol. The maximum Gasteiger partial charge on any atom is 0.262 e. The van der Waals surface area contributed by atoms with E-state index in [1.807, 2.05) is 91.0 Å². The number of hydrogen-bond donors (Lipinski definition) is 1. The van der Waals surface area contributed by atoms with Crippen LogP contribution in [-0.4, -0.2) is 12.1 Å². The molecule has 0 radical (unpaired) electrons. The van der Waals surface area contributed by atoms with Gasteiger partial charge in [0.2, 0.25) is 0 Å². The van der Waals surface area contributed by atoms with Crippen LogP contribution in [0.2, 0.25) is 0 Å². The van der Waals surface area contributed by atoms with E-state index in [9.17, 15) is 4.79 Å². The van der Waals surface area contributed by atoms with E-state index >= 15 is 0 Å². The third-order valence-corrected chi connectivity index (χ3v) is 4.86. The van der Waals surface area contributed by atoms with Gasteiger partial charge in [-0.1, -0.05) is 64.5 Å². The highest BCUT2D eigenvalue weighted by Gasteiger charge is 2.31. The van der Waals surface area contributed by atoms with E-state index in [4.69, 9.17) is 0 Å². The topological polar surface area (TPSA) is 32.3 Å². The van der Waals surface area contributed by atoms with Gasteiger partial charge in [-0.2, -0.15) is 0 Å². The molecule has 1 heterocycles. The van der Waals surface area contributed by atoms with Crippen molar-refractivity contribution >= 4 is 39.3 Å². The average molecular weight is 405 g/mol. The summed E-state index contributed by atoms with van der Waals surface area (Å²) in [5.41, 5.74) is 3.48. The van der Waals surface area contributed by atoms with Crippen molar-refractivity contribution in [2.45, 2.75) is 6.17 Å². The van der Waals surface area contributed by atoms with Gasteiger partial charge < -0.3 is 5.32 Å². The number of anilines is 2. The first-order chi connectivity index (χ1) is 12.7. The molecular formula is C22H17BrN2O. The molecule has 0 fully saturated rings. The van der Waals surface area contributed by atoms with E-state index in [1.54, 1.807) is 4.90 Å². The van der Waals surface area contributed by atoms with Crippen LogP contribution in [0, 0.1) is 0 Å². The Morgan fingerprint density at radius 1 is 0.885 bits per heavy atom. The largest absolute Gasteiger partial charge is 0.361 e. The summed E-state index contributed by atoms with van der Waals surface area (Å²) in [6, 6.07) is 25.5. The molecule has 4 heteroatoms. The van der Waals surface area contributed by atoms with Gasteiger partial charge in [0.05, 0.1) is 5.56 Å². The number of carbonyl (C=O) groups is 1. The summed E-state index contributed by atoms with van der Waals surface area (Å²) in [5.74, 6) is -0.00983. The molecule has 128 valence electrons. The standard InChI is InChI=1S/C22H17BrN2O/c23-17-11-13-18(14-12-17)25-21(15-10-16-6-2-1-3-7-16)24-20-9-5-4-8-19(20)22(25)26/h1-15,21,24H/b15-10+. The maximum absolute atomic E-state index is 13.2. The number of halogens is 1. The second kappa shape index (κ2) is 7.18. The summed E-state index contributed by atoms with van der Waals surface area (Å²) in [6.45, 7) is 0. The van der Waals surface area contributed by atoms with Gasteiger partial charge in [-0.15, -0.1) is 0 Å². The molecule has 0 saturated heterocycles. The van der Waals surface area contributed by atoms with Gasteiger partial charge in [0, 0.05) is 15.8 Å². The van der Waals surface area contributed by atoms with Crippen molar-refractivity contribution in [3.05, 3.63) is 101 Å². The van der Waals surface area contributed by atoms with Crippen LogP contribution in [0.25, 0.3) is 6.08 Å². The van der Waals surface area contributed by atoms with E-state index < -0.39 is 0 Å². The Kier molecular flexibility index (Phi) is 4.59. The third kappa shape index (κ3) is 3.28. The number of nitrogens with one attached hydrogen (secondary N) is 1. The van der Waals surface area contributed by atoms with Gasteiger partial charge in [-0.05, 0) is 48.0 Å². The number of nitrogens with zero attached hydrogens (tertiary/aromatic N) is 1. The fraction of sp³-hybridized carbons (Fsp3) is 0.0455. The predicted octanol–water partition coefficient (Wildman–Crippen LogP) is 5.56. The fourth-order valence-electron chi connectivity index (χ4n) is 3.06. The van der Waals surface area contributed by atoms with Crippen molar-refractivity contribution in [1.82, 2.24) is 0 Å². The number of rotatable bonds is 3. The molecule has 1 aliphatic rings. The van der Waals surface area contributed by atoms with Crippen LogP contribution in [-0.2, 0) is 0 Å². The van der Waals surface area contributed by atoms with Gasteiger partial charge in [-0.25, -0.2) is 0 Å². The number of carbonyl (C=O) groups excluding carboxylic acids is 1. The summed E-state index contributed by atoms with van der Waals surface area (Å²) in [5, 5.41) is 3.47. The lowest BCUT2D eigenvalue weighted by Crippen LogP contribution is -2.48. The summed E-state index contributed by atoms with van der Waals surface area (Å²) in [7, 11) is 0. The van der Waals surface area contributed by atoms with Crippen molar-refractivity contribution in [3.8, 4) is 0 Å². The first-order valence-electron chi connectivity index (χ1n) is 8.40. The summed E-state index contributed by atoms with van der Waals surface area (Å²) in [4.78, 5) is 15.0. The maximum atomic E-state index is 13.2. The summed E-state index contributed by atoms with van der Waals surface area (Å²) >= 11 is 3.45. The molecule has 1 amide bonds. The van der Waals surface area contributed by atoms with Crippen molar-refractivity contribution in [2.24, 2.45) is 0 Å². The van der Waals surface area contributed by atoms with Gasteiger partial charge in [0.1, 0.15) is 6.17 Å². The van der Waals surface area contributed by atoms with E-state index in [0.29, 0.717) is 5.56 Å². The number of hydrogen-bond acceptors (Lipinski definition) is 2. The van der Waals surface area contributed by atoms with Crippen LogP contribution in [0.1, 0.15) is 15.9 Å². The Balaban J connectivity index is 1.74. The molecular weight excluding hydrogens is 388 g/mol. The van der Waals surface area contributed by atoms with E-state index in [1.165, 1.54) is 0 Å². The number of fused-ring (bicyclic) bond motifs is 1. The zero-order valence-electron chi connectivity index (χ0n) is 14.0. The lowest BCUT2D eigenvalue weighted by Gasteiger charge is -2.36. The van der Waals surface area contributed by atoms with Crippen molar-refractivity contribution in [2.75, 3.05) is 10.2 Å². The normalized spacial score (nSPS) is 16.4. The van der Waals surface area contributed by atoms with Gasteiger partial charge in [0.25, 0.3) is 5.91 Å². The molecule has 0 saturated carbocycles. The van der Waals surface area contributed by atoms with Crippen LogP contribution in [0.4, 0.5) is 11.4 Å². The molecule has 26 heavy (non-hydrogen) atoms. The number of amides is 1.